The maximum atomic E-state index is 12.8. The Bertz CT molecular complexity index is 1030. The Hall–Kier alpha value is -2.25. The molecule has 5 rings (SSSR count). The van der Waals surface area contributed by atoms with Crippen LogP contribution in [0.25, 0.3) is 10.2 Å². The second-order valence-electron chi connectivity index (χ2n) is 8.24. The number of allylic oxidation sites excluding steroid dienone is 2. The topological polar surface area (TPSA) is 70.6 Å². The number of hydrogen-bond acceptors (Lipinski definition) is 5. The molecule has 0 bridgehead atoms. The highest BCUT2D eigenvalue weighted by atomic mass is 35.5. The molecule has 1 aliphatic carbocycles. The lowest BCUT2D eigenvalue weighted by Gasteiger charge is -2.32. The molecule has 0 spiro atoms. The number of halogens is 1. The van der Waals surface area contributed by atoms with Crippen molar-refractivity contribution in [2.45, 2.75) is 31.6 Å². The van der Waals surface area contributed by atoms with Crippen LogP contribution in [0.15, 0.2) is 30.4 Å². The fourth-order valence-corrected chi connectivity index (χ4v) is 6.01. The second kappa shape index (κ2) is 7.78. The van der Waals surface area contributed by atoms with E-state index in [0.29, 0.717) is 36.9 Å². The van der Waals surface area contributed by atoms with Gasteiger partial charge in [0.2, 0.25) is 17.7 Å². The molecular weight excluding hydrogens is 422 g/mol. The number of benzene rings is 1. The van der Waals surface area contributed by atoms with E-state index >= 15 is 0 Å². The first kappa shape index (κ1) is 19.7. The highest BCUT2D eigenvalue weighted by Gasteiger charge is 2.48. The SMILES string of the molecule is O=C(CN1C(=O)C2CC=CCC2C1=O)N1CCC(c2nc3cc(Cl)ccc3s2)CC1. The Kier molecular flexibility index (Phi) is 5.11. The predicted octanol–water partition coefficient (Wildman–Crippen LogP) is 3.61. The molecular formula is C22H22ClN3O3S. The molecule has 1 aromatic carbocycles. The molecule has 2 unspecified atom stereocenters. The minimum absolute atomic E-state index is 0.130. The molecule has 6 nitrogen and oxygen atoms in total. The minimum Gasteiger partial charge on any atom is -0.341 e. The van der Waals surface area contributed by atoms with Crippen molar-refractivity contribution in [1.82, 2.24) is 14.8 Å². The second-order valence-corrected chi connectivity index (χ2v) is 9.74. The lowest BCUT2D eigenvalue weighted by Crippen LogP contribution is -2.45. The number of nitrogens with zero attached hydrogens (tertiary/aromatic N) is 3. The van der Waals surface area contributed by atoms with E-state index in [0.717, 1.165) is 28.1 Å². The number of thiazole rings is 1. The van der Waals surface area contributed by atoms with Crippen LogP contribution in [0.1, 0.15) is 36.6 Å². The van der Waals surface area contributed by atoms with Crippen LogP contribution < -0.4 is 0 Å². The summed E-state index contributed by atoms with van der Waals surface area (Å²) in [5.41, 5.74) is 0.919. The Morgan fingerprint density at radius 2 is 1.77 bits per heavy atom. The number of aromatic nitrogens is 1. The summed E-state index contributed by atoms with van der Waals surface area (Å²) < 4.78 is 1.12. The van der Waals surface area contributed by atoms with Crippen molar-refractivity contribution in [3.63, 3.8) is 0 Å². The zero-order valence-electron chi connectivity index (χ0n) is 16.4. The molecule has 1 aromatic heterocycles. The van der Waals surface area contributed by atoms with Gasteiger partial charge in [0, 0.05) is 24.0 Å². The summed E-state index contributed by atoms with van der Waals surface area (Å²) in [5, 5.41) is 1.77. The van der Waals surface area contributed by atoms with Gasteiger partial charge in [-0.3, -0.25) is 19.3 Å². The number of imide groups is 1. The van der Waals surface area contributed by atoms with Crippen LogP contribution in [0.2, 0.25) is 5.02 Å². The molecule has 3 aliphatic rings. The maximum Gasteiger partial charge on any atom is 0.242 e. The Labute approximate surface area is 183 Å². The monoisotopic (exact) mass is 443 g/mol. The number of carbonyl (C=O) groups excluding carboxylic acids is 3. The Morgan fingerprint density at radius 3 is 2.43 bits per heavy atom. The van der Waals surface area contributed by atoms with Crippen LogP contribution in [0, 0.1) is 11.8 Å². The first-order valence-corrected chi connectivity index (χ1v) is 11.5. The van der Waals surface area contributed by atoms with Crippen molar-refractivity contribution < 1.29 is 14.4 Å². The zero-order chi connectivity index (χ0) is 20.8. The molecule has 2 atom stereocenters. The van der Waals surface area contributed by atoms with Gasteiger partial charge in [0.25, 0.3) is 0 Å². The van der Waals surface area contributed by atoms with E-state index in [1.54, 1.807) is 16.2 Å². The highest BCUT2D eigenvalue weighted by molar-refractivity contribution is 7.18. The van der Waals surface area contributed by atoms with Gasteiger partial charge in [0.15, 0.2) is 0 Å². The van der Waals surface area contributed by atoms with Gasteiger partial charge in [0.05, 0.1) is 27.1 Å². The van der Waals surface area contributed by atoms with Gasteiger partial charge in [-0.15, -0.1) is 11.3 Å². The molecule has 0 radical (unpaired) electrons. The van der Waals surface area contributed by atoms with Crippen molar-refractivity contribution in [3.05, 3.63) is 40.4 Å². The minimum atomic E-state index is -0.284. The third-order valence-corrected chi connectivity index (χ3v) is 7.89. The summed E-state index contributed by atoms with van der Waals surface area (Å²) in [7, 11) is 0. The first-order valence-electron chi connectivity index (χ1n) is 10.4. The van der Waals surface area contributed by atoms with Gasteiger partial charge >= 0.3 is 0 Å². The average Bonchev–Trinajstić information content (AvgIpc) is 3.28. The summed E-state index contributed by atoms with van der Waals surface area (Å²) in [5.74, 6) is -0.773. The van der Waals surface area contributed by atoms with Crippen LogP contribution in [0.3, 0.4) is 0 Å². The Balaban J connectivity index is 1.20. The van der Waals surface area contributed by atoms with Crippen LogP contribution in [-0.4, -0.2) is 52.1 Å². The molecule has 2 saturated heterocycles. The fraction of sp³-hybridized carbons (Fsp3) is 0.455. The third kappa shape index (κ3) is 3.44. The van der Waals surface area contributed by atoms with Crippen LogP contribution in [-0.2, 0) is 14.4 Å². The standard InChI is InChI=1S/C22H22ClN3O3S/c23-14-5-6-18-17(11-14)24-20(30-18)13-7-9-25(10-8-13)19(27)12-26-21(28)15-3-1-2-4-16(15)22(26)29/h1-2,5-6,11,13,15-16H,3-4,7-10,12H2. The van der Waals surface area contributed by atoms with E-state index in [-0.39, 0.29) is 36.1 Å². The van der Waals surface area contributed by atoms with Crippen molar-refractivity contribution >= 4 is 50.9 Å². The highest BCUT2D eigenvalue weighted by Crippen LogP contribution is 2.36. The molecule has 0 N–H and O–H groups in total. The Morgan fingerprint density at radius 1 is 1.10 bits per heavy atom. The third-order valence-electron chi connectivity index (χ3n) is 6.46. The summed E-state index contributed by atoms with van der Waals surface area (Å²) >= 11 is 7.75. The molecule has 3 heterocycles. The van der Waals surface area contributed by atoms with Crippen molar-refractivity contribution in [2.24, 2.45) is 11.8 Å². The molecule has 30 heavy (non-hydrogen) atoms. The summed E-state index contributed by atoms with van der Waals surface area (Å²) in [6.45, 7) is 1.10. The number of rotatable bonds is 3. The summed E-state index contributed by atoms with van der Waals surface area (Å²) in [6.07, 6.45) is 6.76. The molecule has 156 valence electrons. The number of fused-ring (bicyclic) bond motifs is 2. The lowest BCUT2D eigenvalue weighted by atomic mass is 9.85. The maximum absolute atomic E-state index is 12.8. The zero-order valence-corrected chi connectivity index (χ0v) is 18.0. The molecule has 8 heteroatoms. The lowest BCUT2D eigenvalue weighted by molar-refractivity contribution is -0.147. The van der Waals surface area contributed by atoms with Gasteiger partial charge in [-0.05, 0) is 43.9 Å². The molecule has 2 aromatic rings. The molecule has 2 aliphatic heterocycles. The van der Waals surface area contributed by atoms with E-state index in [1.807, 2.05) is 30.4 Å². The van der Waals surface area contributed by atoms with E-state index in [2.05, 4.69) is 0 Å². The van der Waals surface area contributed by atoms with Crippen LogP contribution in [0.5, 0.6) is 0 Å². The van der Waals surface area contributed by atoms with Crippen LogP contribution >= 0.6 is 22.9 Å². The van der Waals surface area contributed by atoms with Gasteiger partial charge in [-0.25, -0.2) is 4.98 Å². The van der Waals surface area contributed by atoms with Crippen molar-refractivity contribution in [2.75, 3.05) is 19.6 Å². The first-order chi connectivity index (χ1) is 14.5. The number of hydrogen-bond donors (Lipinski definition) is 0. The number of piperidine rings is 1. The summed E-state index contributed by atoms with van der Waals surface area (Å²) in [6, 6.07) is 5.75. The molecule has 0 saturated carbocycles. The molecule has 2 fully saturated rings. The van der Waals surface area contributed by atoms with Crippen LogP contribution in [0.4, 0.5) is 0 Å². The van der Waals surface area contributed by atoms with Gasteiger partial charge in [-0.1, -0.05) is 23.8 Å². The van der Waals surface area contributed by atoms with E-state index in [9.17, 15) is 14.4 Å². The quantitative estimate of drug-likeness (QED) is 0.536. The smallest absolute Gasteiger partial charge is 0.242 e. The predicted molar refractivity (Wildman–Crippen MR) is 115 cm³/mol. The number of carbonyl (C=O) groups is 3. The van der Waals surface area contributed by atoms with Gasteiger partial charge in [0.1, 0.15) is 6.54 Å². The largest absolute Gasteiger partial charge is 0.341 e. The molecule has 3 amide bonds. The van der Waals surface area contributed by atoms with E-state index in [1.165, 1.54) is 4.90 Å². The van der Waals surface area contributed by atoms with E-state index in [4.69, 9.17) is 16.6 Å². The average molecular weight is 444 g/mol. The normalized spacial score (nSPS) is 24.7. The fourth-order valence-electron chi connectivity index (χ4n) is 4.73. The summed E-state index contributed by atoms with van der Waals surface area (Å²) in [4.78, 5) is 45.7. The number of likely N-dealkylation sites (tertiary alicyclic amines) is 2. The van der Waals surface area contributed by atoms with E-state index < -0.39 is 0 Å². The van der Waals surface area contributed by atoms with Gasteiger partial charge in [-0.2, -0.15) is 0 Å². The number of amides is 3. The van der Waals surface area contributed by atoms with Crippen molar-refractivity contribution in [3.8, 4) is 0 Å². The van der Waals surface area contributed by atoms with Gasteiger partial charge < -0.3 is 4.90 Å². The van der Waals surface area contributed by atoms with Crippen molar-refractivity contribution in [1.29, 1.82) is 0 Å².